The van der Waals surface area contributed by atoms with Gasteiger partial charge in [-0.05, 0) is 20.4 Å². The first-order valence-electron chi connectivity index (χ1n) is 4.26. The Morgan fingerprint density at radius 2 is 2.09 bits per heavy atom. The van der Waals surface area contributed by atoms with E-state index < -0.39 is 0 Å². The maximum absolute atomic E-state index is 5.83. The molecule has 0 saturated heterocycles. The van der Waals surface area contributed by atoms with Crippen molar-refractivity contribution >= 4 is 0 Å². The average Bonchev–Trinajstić information content (AvgIpc) is 2.02. The van der Waals surface area contributed by atoms with Gasteiger partial charge in [-0.2, -0.15) is 0 Å². The van der Waals surface area contributed by atoms with Crippen LogP contribution in [0, 0.1) is 5.92 Å². The predicted octanol–water partition coefficient (Wildman–Crippen LogP) is 1.48. The minimum absolute atomic E-state index is 0.431. The Morgan fingerprint density at radius 1 is 1.55 bits per heavy atom. The van der Waals surface area contributed by atoms with Gasteiger partial charge >= 0.3 is 0 Å². The van der Waals surface area contributed by atoms with Gasteiger partial charge in [0.05, 0.1) is 0 Å². The van der Waals surface area contributed by atoms with E-state index in [-0.39, 0.29) is 0 Å². The van der Waals surface area contributed by atoms with Gasteiger partial charge in [-0.15, -0.1) is 0 Å². The third kappa shape index (κ3) is 3.42. The molecule has 0 aliphatic heterocycles. The maximum Gasteiger partial charge on any atom is 0.0116 e. The highest BCUT2D eigenvalue weighted by atomic mass is 14.9. The second kappa shape index (κ2) is 5.19. The molecule has 0 aromatic heterocycles. The molecule has 0 bridgehead atoms. The van der Waals surface area contributed by atoms with Crippen LogP contribution >= 0.6 is 0 Å². The molecule has 2 nitrogen and oxygen atoms in total. The molecule has 0 spiro atoms. The molecule has 0 radical (unpaired) electrons. The fourth-order valence-corrected chi connectivity index (χ4v) is 0.960. The van der Waals surface area contributed by atoms with E-state index in [1.54, 1.807) is 0 Å². The summed E-state index contributed by atoms with van der Waals surface area (Å²) in [5.74, 6) is 0.431. The van der Waals surface area contributed by atoms with Gasteiger partial charge in [0.2, 0.25) is 0 Å². The largest absolute Gasteiger partial charge is 0.402 e. The molecule has 0 aliphatic carbocycles. The van der Waals surface area contributed by atoms with E-state index in [0.29, 0.717) is 12.0 Å². The molecule has 0 aliphatic rings. The van der Waals surface area contributed by atoms with Crippen molar-refractivity contribution in [3.8, 4) is 0 Å². The zero-order valence-corrected chi connectivity index (χ0v) is 8.02. The second-order valence-corrected chi connectivity index (χ2v) is 2.98. The first kappa shape index (κ1) is 10.5. The lowest BCUT2D eigenvalue weighted by atomic mass is 9.99. The van der Waals surface area contributed by atoms with Crippen molar-refractivity contribution in [2.24, 2.45) is 11.7 Å². The van der Waals surface area contributed by atoms with E-state index in [1.807, 2.05) is 7.05 Å². The molecule has 2 unspecified atom stereocenters. The molecule has 0 heterocycles. The van der Waals surface area contributed by atoms with Gasteiger partial charge in [0, 0.05) is 17.7 Å². The fourth-order valence-electron chi connectivity index (χ4n) is 0.960. The standard InChI is InChI=1S/C9H20N2/c1-5-6-9(10)7(2)8(3)11-4/h6-8,11H,5,10H2,1-4H3/b9-6+. The van der Waals surface area contributed by atoms with Crippen LogP contribution in [0.1, 0.15) is 27.2 Å². The summed E-state index contributed by atoms with van der Waals surface area (Å²) >= 11 is 0. The number of nitrogens with one attached hydrogen (secondary N) is 1. The van der Waals surface area contributed by atoms with E-state index >= 15 is 0 Å². The Hall–Kier alpha value is -0.500. The Labute approximate surface area is 69.9 Å². The monoisotopic (exact) mass is 156 g/mol. The number of hydrogen-bond donors (Lipinski definition) is 2. The Morgan fingerprint density at radius 3 is 2.45 bits per heavy atom. The van der Waals surface area contributed by atoms with Crippen LogP contribution in [0.3, 0.4) is 0 Å². The van der Waals surface area contributed by atoms with Gasteiger partial charge in [-0.3, -0.25) is 0 Å². The van der Waals surface area contributed by atoms with E-state index in [4.69, 9.17) is 5.73 Å². The topological polar surface area (TPSA) is 38.0 Å². The Bertz CT molecular complexity index is 130. The quantitative estimate of drug-likeness (QED) is 0.647. The number of allylic oxidation sites excluding steroid dienone is 1. The van der Waals surface area contributed by atoms with Crippen LogP contribution < -0.4 is 11.1 Å². The van der Waals surface area contributed by atoms with Crippen LogP contribution in [0.15, 0.2) is 11.8 Å². The van der Waals surface area contributed by atoms with E-state index in [1.165, 1.54) is 0 Å². The second-order valence-electron chi connectivity index (χ2n) is 2.98. The molecule has 0 aromatic carbocycles. The smallest absolute Gasteiger partial charge is 0.0116 e. The fraction of sp³-hybridized carbons (Fsp3) is 0.778. The highest BCUT2D eigenvalue weighted by molar-refractivity contribution is 5.02. The summed E-state index contributed by atoms with van der Waals surface area (Å²) in [6.07, 6.45) is 3.10. The maximum atomic E-state index is 5.83. The normalized spacial score (nSPS) is 18.0. The van der Waals surface area contributed by atoms with Crippen LogP contribution in [-0.2, 0) is 0 Å². The summed E-state index contributed by atoms with van der Waals surface area (Å²) in [5.41, 5.74) is 6.82. The highest BCUT2D eigenvalue weighted by Crippen LogP contribution is 2.09. The molecule has 66 valence electrons. The molecule has 2 heteroatoms. The zero-order chi connectivity index (χ0) is 8.85. The van der Waals surface area contributed by atoms with Crippen molar-refractivity contribution in [1.82, 2.24) is 5.32 Å². The Kier molecular flexibility index (Phi) is 4.95. The van der Waals surface area contributed by atoms with Gasteiger partial charge in [0.1, 0.15) is 0 Å². The SMILES string of the molecule is CC/C=C(/N)C(C)C(C)NC. The third-order valence-electron chi connectivity index (χ3n) is 2.17. The summed E-state index contributed by atoms with van der Waals surface area (Å²) in [6.45, 7) is 6.38. The third-order valence-corrected chi connectivity index (χ3v) is 2.17. The lowest BCUT2D eigenvalue weighted by Crippen LogP contribution is -2.31. The minimum Gasteiger partial charge on any atom is -0.402 e. The van der Waals surface area contributed by atoms with Crippen LogP contribution in [-0.4, -0.2) is 13.1 Å². The van der Waals surface area contributed by atoms with Gasteiger partial charge in [-0.1, -0.05) is 19.9 Å². The van der Waals surface area contributed by atoms with Crippen molar-refractivity contribution in [3.63, 3.8) is 0 Å². The van der Waals surface area contributed by atoms with E-state index in [2.05, 4.69) is 32.2 Å². The molecule has 3 N–H and O–H groups in total. The molecule has 0 amide bonds. The molecular weight excluding hydrogens is 136 g/mol. The van der Waals surface area contributed by atoms with Crippen LogP contribution in [0.5, 0.6) is 0 Å². The molecule has 2 atom stereocenters. The van der Waals surface area contributed by atoms with E-state index in [9.17, 15) is 0 Å². The Balaban J connectivity index is 4.00. The van der Waals surface area contributed by atoms with Crippen molar-refractivity contribution in [1.29, 1.82) is 0 Å². The van der Waals surface area contributed by atoms with Crippen molar-refractivity contribution in [2.75, 3.05) is 7.05 Å². The zero-order valence-electron chi connectivity index (χ0n) is 8.02. The first-order valence-corrected chi connectivity index (χ1v) is 4.26. The lowest BCUT2D eigenvalue weighted by molar-refractivity contribution is 0.474. The summed E-state index contributed by atoms with van der Waals surface area (Å²) < 4.78 is 0. The lowest BCUT2D eigenvalue weighted by Gasteiger charge is -2.19. The molecule has 0 fully saturated rings. The van der Waals surface area contributed by atoms with Crippen LogP contribution in [0.25, 0.3) is 0 Å². The van der Waals surface area contributed by atoms with Crippen molar-refractivity contribution < 1.29 is 0 Å². The van der Waals surface area contributed by atoms with Crippen molar-refractivity contribution in [2.45, 2.75) is 33.2 Å². The first-order chi connectivity index (χ1) is 5.13. The van der Waals surface area contributed by atoms with Gasteiger partial charge in [-0.25, -0.2) is 0 Å². The van der Waals surface area contributed by atoms with E-state index in [0.717, 1.165) is 12.1 Å². The summed E-state index contributed by atoms with van der Waals surface area (Å²) in [6, 6.07) is 0.456. The molecular formula is C9H20N2. The number of nitrogens with two attached hydrogens (primary N) is 1. The van der Waals surface area contributed by atoms with Gasteiger partial charge < -0.3 is 11.1 Å². The van der Waals surface area contributed by atoms with Crippen LogP contribution in [0.2, 0.25) is 0 Å². The average molecular weight is 156 g/mol. The molecule has 0 aromatic rings. The molecule has 0 rings (SSSR count). The summed E-state index contributed by atoms with van der Waals surface area (Å²) in [7, 11) is 1.96. The number of rotatable bonds is 4. The summed E-state index contributed by atoms with van der Waals surface area (Å²) in [5, 5.41) is 3.18. The van der Waals surface area contributed by atoms with Crippen molar-refractivity contribution in [3.05, 3.63) is 11.8 Å². The van der Waals surface area contributed by atoms with Gasteiger partial charge in [0.25, 0.3) is 0 Å². The molecule has 11 heavy (non-hydrogen) atoms. The number of hydrogen-bond acceptors (Lipinski definition) is 2. The van der Waals surface area contributed by atoms with Gasteiger partial charge in [0.15, 0.2) is 0 Å². The molecule has 0 saturated carbocycles. The highest BCUT2D eigenvalue weighted by Gasteiger charge is 2.11. The minimum atomic E-state index is 0.431. The summed E-state index contributed by atoms with van der Waals surface area (Å²) in [4.78, 5) is 0. The van der Waals surface area contributed by atoms with Crippen LogP contribution in [0.4, 0.5) is 0 Å². The predicted molar refractivity (Wildman–Crippen MR) is 50.2 cm³/mol.